The van der Waals surface area contributed by atoms with Crippen molar-refractivity contribution in [1.82, 2.24) is 14.5 Å². The molecule has 1 unspecified atom stereocenters. The lowest BCUT2D eigenvalue weighted by Crippen LogP contribution is -2.33. The van der Waals surface area contributed by atoms with Crippen LogP contribution in [0.5, 0.6) is 0 Å². The molecular formula is C23H24FN3O2. The highest BCUT2D eigenvalue weighted by Crippen LogP contribution is 2.31. The maximum Gasteiger partial charge on any atom is 0.261 e. The van der Waals surface area contributed by atoms with Gasteiger partial charge < -0.3 is 0 Å². The van der Waals surface area contributed by atoms with Gasteiger partial charge in [-0.25, -0.2) is 9.37 Å². The third-order valence-corrected chi connectivity index (χ3v) is 5.82. The zero-order valence-corrected chi connectivity index (χ0v) is 16.3. The molecule has 1 atom stereocenters. The quantitative estimate of drug-likeness (QED) is 0.628. The van der Waals surface area contributed by atoms with Gasteiger partial charge in [-0.3, -0.25) is 19.1 Å². The zero-order chi connectivity index (χ0) is 20.2. The zero-order valence-electron chi connectivity index (χ0n) is 16.3. The molecule has 1 saturated carbocycles. The molecule has 0 N–H and O–H groups in total. The summed E-state index contributed by atoms with van der Waals surface area (Å²) >= 11 is 0. The van der Waals surface area contributed by atoms with Crippen molar-refractivity contribution < 1.29 is 9.18 Å². The number of fused-ring (bicyclic) bond motifs is 1. The van der Waals surface area contributed by atoms with E-state index >= 15 is 0 Å². The molecule has 29 heavy (non-hydrogen) atoms. The highest BCUT2D eigenvalue weighted by Gasteiger charge is 2.27. The van der Waals surface area contributed by atoms with Crippen molar-refractivity contribution in [3.05, 3.63) is 70.8 Å². The average molecular weight is 393 g/mol. The molecule has 0 bridgehead atoms. The van der Waals surface area contributed by atoms with Gasteiger partial charge in [-0.05, 0) is 42.7 Å². The predicted molar refractivity (Wildman–Crippen MR) is 109 cm³/mol. The van der Waals surface area contributed by atoms with Gasteiger partial charge in [-0.15, -0.1) is 0 Å². The van der Waals surface area contributed by atoms with Crippen LogP contribution < -0.4 is 5.56 Å². The number of halogens is 1. The average Bonchev–Trinajstić information content (AvgIpc) is 2.74. The summed E-state index contributed by atoms with van der Waals surface area (Å²) < 4.78 is 15.1. The topological polar surface area (TPSA) is 64.8 Å². The third-order valence-electron chi connectivity index (χ3n) is 5.82. The second-order valence-corrected chi connectivity index (χ2v) is 7.84. The van der Waals surface area contributed by atoms with Crippen molar-refractivity contribution in [3.8, 4) is 0 Å². The first-order chi connectivity index (χ1) is 14.1. The highest BCUT2D eigenvalue weighted by molar-refractivity contribution is 5.85. The summed E-state index contributed by atoms with van der Waals surface area (Å²) in [4.78, 5) is 34.9. The monoisotopic (exact) mass is 393 g/mol. The molecule has 0 saturated heterocycles. The van der Waals surface area contributed by atoms with Crippen LogP contribution in [-0.2, 0) is 11.2 Å². The van der Waals surface area contributed by atoms with E-state index in [2.05, 4.69) is 9.97 Å². The number of carbonyl (C=O) groups excluding carboxylic acids is 1. The Kier molecular flexibility index (Phi) is 5.79. The first kappa shape index (κ1) is 19.4. The number of rotatable bonds is 6. The summed E-state index contributed by atoms with van der Waals surface area (Å²) in [5.41, 5.74) is 0.741. The minimum Gasteiger partial charge on any atom is -0.297 e. The summed E-state index contributed by atoms with van der Waals surface area (Å²) in [7, 11) is 0. The summed E-state index contributed by atoms with van der Waals surface area (Å²) in [6.07, 6.45) is 9.52. The van der Waals surface area contributed by atoms with Crippen molar-refractivity contribution in [2.75, 3.05) is 0 Å². The summed E-state index contributed by atoms with van der Waals surface area (Å²) in [6, 6.07) is 8.81. The Labute approximate surface area is 168 Å². The Balaban J connectivity index is 1.71. The SMILES string of the molecule is O=C(Cc1ccccn1)C(CC1CCCCC1)n1cnc2ccc(F)cc2c1=O. The van der Waals surface area contributed by atoms with Gasteiger partial charge in [-0.1, -0.05) is 38.2 Å². The lowest BCUT2D eigenvalue weighted by Gasteiger charge is -2.27. The smallest absolute Gasteiger partial charge is 0.261 e. The van der Waals surface area contributed by atoms with Crippen molar-refractivity contribution in [3.63, 3.8) is 0 Å². The van der Waals surface area contributed by atoms with Gasteiger partial charge >= 0.3 is 0 Å². The third kappa shape index (κ3) is 4.42. The molecule has 4 rings (SSSR count). The second-order valence-electron chi connectivity index (χ2n) is 7.84. The van der Waals surface area contributed by atoms with E-state index in [1.807, 2.05) is 12.1 Å². The lowest BCUT2D eigenvalue weighted by molar-refractivity contribution is -0.122. The van der Waals surface area contributed by atoms with Crippen LogP contribution >= 0.6 is 0 Å². The molecule has 0 spiro atoms. The summed E-state index contributed by atoms with van der Waals surface area (Å²) in [5.74, 6) is -0.150. The van der Waals surface area contributed by atoms with E-state index in [1.54, 1.807) is 12.3 Å². The Morgan fingerprint density at radius 2 is 1.97 bits per heavy atom. The first-order valence-corrected chi connectivity index (χ1v) is 10.2. The molecule has 1 aliphatic rings. The van der Waals surface area contributed by atoms with E-state index in [-0.39, 0.29) is 23.1 Å². The number of nitrogens with zero attached hydrogens (tertiary/aromatic N) is 3. The number of pyridine rings is 1. The van der Waals surface area contributed by atoms with Gasteiger partial charge in [0.1, 0.15) is 5.82 Å². The number of ketones is 1. The van der Waals surface area contributed by atoms with E-state index < -0.39 is 11.9 Å². The minimum atomic E-state index is -0.618. The minimum absolute atomic E-state index is 0.0612. The van der Waals surface area contributed by atoms with Crippen LogP contribution in [-0.4, -0.2) is 20.3 Å². The van der Waals surface area contributed by atoms with Gasteiger partial charge in [0, 0.05) is 11.9 Å². The molecule has 5 nitrogen and oxygen atoms in total. The van der Waals surface area contributed by atoms with Crippen LogP contribution in [0.15, 0.2) is 53.7 Å². The highest BCUT2D eigenvalue weighted by atomic mass is 19.1. The number of aromatic nitrogens is 3. The van der Waals surface area contributed by atoms with Crippen LogP contribution in [0.2, 0.25) is 0 Å². The van der Waals surface area contributed by atoms with E-state index in [9.17, 15) is 14.0 Å². The summed E-state index contributed by atoms with van der Waals surface area (Å²) in [6.45, 7) is 0. The lowest BCUT2D eigenvalue weighted by atomic mass is 9.83. The number of benzene rings is 1. The standard InChI is InChI=1S/C23H24FN3O2/c24-17-9-10-20-19(13-17)23(29)27(15-26-20)21(12-16-6-2-1-3-7-16)22(28)14-18-8-4-5-11-25-18/h4-5,8-11,13,15-16,21H,1-3,6-7,12,14H2. The number of hydrogen-bond donors (Lipinski definition) is 0. The van der Waals surface area contributed by atoms with E-state index in [1.165, 1.54) is 35.5 Å². The Morgan fingerprint density at radius 3 is 2.72 bits per heavy atom. The molecule has 1 aromatic carbocycles. The molecule has 0 radical (unpaired) electrons. The summed E-state index contributed by atoms with van der Waals surface area (Å²) in [5, 5.41) is 0.201. The molecule has 1 fully saturated rings. The van der Waals surface area contributed by atoms with Crippen LogP contribution in [0.1, 0.15) is 50.3 Å². The van der Waals surface area contributed by atoms with Gasteiger partial charge in [0.15, 0.2) is 5.78 Å². The number of hydrogen-bond acceptors (Lipinski definition) is 4. The Bertz CT molecular complexity index is 1060. The number of carbonyl (C=O) groups is 1. The maximum absolute atomic E-state index is 13.7. The largest absolute Gasteiger partial charge is 0.297 e. The van der Waals surface area contributed by atoms with Crippen LogP contribution in [0.4, 0.5) is 4.39 Å². The van der Waals surface area contributed by atoms with Crippen molar-refractivity contribution in [2.24, 2.45) is 5.92 Å². The van der Waals surface area contributed by atoms with E-state index in [0.717, 1.165) is 25.7 Å². The molecule has 1 aliphatic carbocycles. The molecule has 3 aromatic rings. The van der Waals surface area contributed by atoms with Crippen molar-refractivity contribution in [2.45, 2.75) is 51.0 Å². The Morgan fingerprint density at radius 1 is 1.14 bits per heavy atom. The molecule has 6 heteroatoms. The van der Waals surface area contributed by atoms with Crippen molar-refractivity contribution >= 4 is 16.7 Å². The van der Waals surface area contributed by atoms with Crippen LogP contribution in [0.25, 0.3) is 10.9 Å². The molecule has 0 aliphatic heterocycles. The fraction of sp³-hybridized carbons (Fsp3) is 0.391. The number of Topliss-reactive ketones (excluding diaryl/α,β-unsaturated/α-hetero) is 1. The van der Waals surface area contributed by atoms with Crippen LogP contribution in [0, 0.1) is 11.7 Å². The fourth-order valence-corrected chi connectivity index (χ4v) is 4.27. The maximum atomic E-state index is 13.7. The molecule has 2 heterocycles. The van der Waals surface area contributed by atoms with Gasteiger partial charge in [0.2, 0.25) is 0 Å². The van der Waals surface area contributed by atoms with Crippen molar-refractivity contribution in [1.29, 1.82) is 0 Å². The van der Waals surface area contributed by atoms with Gasteiger partial charge in [-0.2, -0.15) is 0 Å². The van der Waals surface area contributed by atoms with E-state index in [0.29, 0.717) is 23.5 Å². The Hall–Kier alpha value is -2.89. The van der Waals surface area contributed by atoms with Gasteiger partial charge in [0.25, 0.3) is 5.56 Å². The fourth-order valence-electron chi connectivity index (χ4n) is 4.27. The molecule has 2 aromatic heterocycles. The molecular weight excluding hydrogens is 369 g/mol. The van der Waals surface area contributed by atoms with Crippen LogP contribution in [0.3, 0.4) is 0 Å². The second kappa shape index (κ2) is 8.64. The predicted octanol–water partition coefficient (Wildman–Crippen LogP) is 4.25. The first-order valence-electron chi connectivity index (χ1n) is 10.2. The normalized spacial score (nSPS) is 16.0. The van der Waals surface area contributed by atoms with Gasteiger partial charge in [0.05, 0.1) is 29.7 Å². The molecule has 0 amide bonds. The van der Waals surface area contributed by atoms with E-state index in [4.69, 9.17) is 0 Å². The molecule has 150 valence electrons.